The van der Waals surface area contributed by atoms with Crippen LogP contribution in [0, 0.1) is 0 Å². The Morgan fingerprint density at radius 2 is 2.13 bits per heavy atom. The number of hydroxylamine groups is 2. The molecule has 1 aliphatic rings. The van der Waals surface area contributed by atoms with E-state index in [1.165, 1.54) is 5.06 Å². The molecule has 1 amide bonds. The van der Waals surface area contributed by atoms with Gasteiger partial charge >= 0.3 is 0 Å². The number of amides is 1. The predicted molar refractivity (Wildman–Crippen MR) is 55.5 cm³/mol. The zero-order chi connectivity index (χ0) is 10.7. The summed E-state index contributed by atoms with van der Waals surface area (Å²) in [5, 5.41) is 1.36. The van der Waals surface area contributed by atoms with Gasteiger partial charge in [-0.2, -0.15) is 0 Å². The number of nitrogens with two attached hydrogens (primary N) is 1. The lowest BCUT2D eigenvalue weighted by molar-refractivity contribution is -0.182. The second-order valence-electron chi connectivity index (χ2n) is 3.59. The average molecular weight is 206 g/mol. The molecule has 1 aromatic carbocycles. The van der Waals surface area contributed by atoms with Crippen molar-refractivity contribution in [2.45, 2.75) is 19.1 Å². The summed E-state index contributed by atoms with van der Waals surface area (Å²) in [5.41, 5.74) is 6.61. The minimum atomic E-state index is -0.388. The lowest BCUT2D eigenvalue weighted by Gasteiger charge is -2.15. The van der Waals surface area contributed by atoms with Gasteiger partial charge in [-0.1, -0.05) is 30.3 Å². The Hall–Kier alpha value is -1.39. The quantitative estimate of drug-likeness (QED) is 0.791. The highest BCUT2D eigenvalue weighted by molar-refractivity contribution is 5.82. The Kier molecular flexibility index (Phi) is 2.99. The van der Waals surface area contributed by atoms with Gasteiger partial charge in [0.2, 0.25) is 0 Å². The predicted octanol–water partition coefficient (Wildman–Crippen LogP) is 0.678. The Morgan fingerprint density at radius 3 is 2.73 bits per heavy atom. The van der Waals surface area contributed by atoms with Gasteiger partial charge in [-0.25, -0.2) is 5.06 Å². The minimum absolute atomic E-state index is 0.120. The van der Waals surface area contributed by atoms with Crippen molar-refractivity contribution < 1.29 is 9.63 Å². The molecule has 0 spiro atoms. The Bertz CT molecular complexity index is 340. The maximum atomic E-state index is 11.4. The first-order chi connectivity index (χ1) is 7.27. The zero-order valence-electron chi connectivity index (χ0n) is 8.43. The van der Waals surface area contributed by atoms with E-state index in [-0.39, 0.29) is 11.9 Å². The van der Waals surface area contributed by atoms with E-state index in [0.29, 0.717) is 19.6 Å². The van der Waals surface area contributed by atoms with Crippen LogP contribution in [0.2, 0.25) is 0 Å². The number of carbonyl (C=O) groups excluding carboxylic acids is 1. The van der Waals surface area contributed by atoms with E-state index in [2.05, 4.69) is 0 Å². The zero-order valence-corrected chi connectivity index (χ0v) is 8.43. The third-order valence-corrected chi connectivity index (χ3v) is 2.44. The maximum absolute atomic E-state index is 11.4. The van der Waals surface area contributed by atoms with Crippen molar-refractivity contribution in [3.05, 3.63) is 35.9 Å². The van der Waals surface area contributed by atoms with E-state index in [1.807, 2.05) is 30.3 Å². The maximum Gasteiger partial charge on any atom is 0.263 e. The van der Waals surface area contributed by atoms with E-state index in [9.17, 15) is 4.79 Å². The number of rotatable bonds is 3. The van der Waals surface area contributed by atoms with Crippen LogP contribution in [0.3, 0.4) is 0 Å². The van der Waals surface area contributed by atoms with Gasteiger partial charge in [0.15, 0.2) is 0 Å². The van der Waals surface area contributed by atoms with Gasteiger partial charge in [0.1, 0.15) is 6.61 Å². The van der Waals surface area contributed by atoms with Crippen molar-refractivity contribution in [1.29, 1.82) is 0 Å². The smallest absolute Gasteiger partial charge is 0.263 e. The second-order valence-corrected chi connectivity index (χ2v) is 3.59. The molecule has 4 heteroatoms. The van der Waals surface area contributed by atoms with Gasteiger partial charge in [-0.3, -0.25) is 9.63 Å². The minimum Gasteiger partial charge on any atom is -0.320 e. The fraction of sp³-hybridized carbons (Fsp3) is 0.364. The summed E-state index contributed by atoms with van der Waals surface area (Å²) in [7, 11) is 0. The molecule has 1 aliphatic heterocycles. The molecule has 1 heterocycles. The van der Waals surface area contributed by atoms with Gasteiger partial charge in [-0.15, -0.1) is 0 Å². The van der Waals surface area contributed by atoms with Gasteiger partial charge in [-0.05, 0) is 12.0 Å². The number of benzene rings is 1. The molecule has 80 valence electrons. The van der Waals surface area contributed by atoms with E-state index in [4.69, 9.17) is 10.6 Å². The monoisotopic (exact) mass is 206 g/mol. The third kappa shape index (κ3) is 2.34. The summed E-state index contributed by atoms with van der Waals surface area (Å²) < 4.78 is 0. The van der Waals surface area contributed by atoms with E-state index >= 15 is 0 Å². The van der Waals surface area contributed by atoms with Crippen LogP contribution in [-0.4, -0.2) is 23.6 Å². The average Bonchev–Trinajstić information content (AvgIpc) is 2.59. The molecule has 1 fully saturated rings. The van der Waals surface area contributed by atoms with E-state index in [1.54, 1.807) is 0 Å². The third-order valence-electron chi connectivity index (χ3n) is 2.44. The Labute approximate surface area is 88.6 Å². The Balaban J connectivity index is 1.87. The van der Waals surface area contributed by atoms with E-state index < -0.39 is 0 Å². The molecular weight excluding hydrogens is 192 g/mol. The topological polar surface area (TPSA) is 55.6 Å². The first kappa shape index (κ1) is 10.1. The highest BCUT2D eigenvalue weighted by Crippen LogP contribution is 2.11. The molecule has 2 rings (SSSR count). The van der Waals surface area contributed by atoms with Crippen molar-refractivity contribution in [3.8, 4) is 0 Å². The molecule has 0 unspecified atom stereocenters. The molecule has 1 atom stereocenters. The van der Waals surface area contributed by atoms with Crippen molar-refractivity contribution in [3.63, 3.8) is 0 Å². The highest BCUT2D eigenvalue weighted by Gasteiger charge is 2.29. The van der Waals surface area contributed by atoms with Crippen LogP contribution in [0.1, 0.15) is 12.0 Å². The molecule has 15 heavy (non-hydrogen) atoms. The van der Waals surface area contributed by atoms with Crippen molar-refractivity contribution in [1.82, 2.24) is 5.06 Å². The standard InChI is InChI=1S/C11H14N2O2/c12-10-6-7-13(11(10)14)15-8-9-4-2-1-3-5-9/h1-5,10H,6-8,12H2/t10-/m0/s1. The van der Waals surface area contributed by atoms with Crippen LogP contribution < -0.4 is 5.73 Å². The highest BCUT2D eigenvalue weighted by atomic mass is 16.7. The van der Waals surface area contributed by atoms with Gasteiger partial charge in [0.05, 0.1) is 12.6 Å². The molecule has 1 saturated heterocycles. The lowest BCUT2D eigenvalue weighted by Crippen LogP contribution is -2.33. The van der Waals surface area contributed by atoms with Gasteiger partial charge < -0.3 is 5.73 Å². The molecule has 0 saturated carbocycles. The number of nitrogens with zero attached hydrogens (tertiary/aromatic N) is 1. The summed E-state index contributed by atoms with van der Waals surface area (Å²) in [6, 6.07) is 9.36. The number of hydrogen-bond donors (Lipinski definition) is 1. The van der Waals surface area contributed by atoms with Crippen LogP contribution in [-0.2, 0) is 16.2 Å². The Morgan fingerprint density at radius 1 is 1.40 bits per heavy atom. The van der Waals surface area contributed by atoms with Crippen LogP contribution in [0.15, 0.2) is 30.3 Å². The largest absolute Gasteiger partial charge is 0.320 e. The number of hydrogen-bond acceptors (Lipinski definition) is 3. The van der Waals surface area contributed by atoms with Crippen molar-refractivity contribution in [2.75, 3.05) is 6.54 Å². The van der Waals surface area contributed by atoms with Crippen molar-refractivity contribution >= 4 is 5.91 Å². The lowest BCUT2D eigenvalue weighted by atomic mass is 10.2. The summed E-state index contributed by atoms with van der Waals surface area (Å²) in [4.78, 5) is 16.8. The molecule has 4 nitrogen and oxygen atoms in total. The fourth-order valence-corrected chi connectivity index (χ4v) is 1.53. The molecular formula is C11H14N2O2. The number of carbonyl (C=O) groups is 1. The second kappa shape index (κ2) is 4.42. The van der Waals surface area contributed by atoms with Crippen LogP contribution in [0.25, 0.3) is 0 Å². The molecule has 0 bridgehead atoms. The van der Waals surface area contributed by atoms with Crippen LogP contribution in [0.4, 0.5) is 0 Å². The summed E-state index contributed by atoms with van der Waals surface area (Å²) >= 11 is 0. The fourth-order valence-electron chi connectivity index (χ4n) is 1.53. The normalized spacial score (nSPS) is 21.0. The molecule has 0 aliphatic carbocycles. The molecule has 1 aromatic rings. The summed E-state index contributed by atoms with van der Waals surface area (Å²) in [6.07, 6.45) is 0.674. The first-order valence-electron chi connectivity index (χ1n) is 5.01. The summed E-state index contributed by atoms with van der Waals surface area (Å²) in [5.74, 6) is -0.120. The molecule has 0 aromatic heterocycles. The van der Waals surface area contributed by atoms with Crippen LogP contribution in [0.5, 0.6) is 0 Å². The van der Waals surface area contributed by atoms with Crippen LogP contribution >= 0.6 is 0 Å². The van der Waals surface area contributed by atoms with Gasteiger partial charge in [0.25, 0.3) is 5.91 Å². The molecule has 2 N–H and O–H groups in total. The van der Waals surface area contributed by atoms with Gasteiger partial charge in [0, 0.05) is 0 Å². The SMILES string of the molecule is N[C@H]1CCN(OCc2ccccc2)C1=O. The summed E-state index contributed by atoms with van der Waals surface area (Å²) in [6.45, 7) is 1.01. The first-order valence-corrected chi connectivity index (χ1v) is 5.01. The van der Waals surface area contributed by atoms with Crippen molar-refractivity contribution in [2.24, 2.45) is 5.73 Å². The van der Waals surface area contributed by atoms with E-state index in [0.717, 1.165) is 5.56 Å². The molecule has 0 radical (unpaired) electrons.